The summed E-state index contributed by atoms with van der Waals surface area (Å²) < 4.78 is 0.745. The summed E-state index contributed by atoms with van der Waals surface area (Å²) in [6, 6.07) is 7.89. The Bertz CT molecular complexity index is 616. The van der Waals surface area contributed by atoms with Crippen LogP contribution in [0.25, 0.3) is 0 Å². The van der Waals surface area contributed by atoms with Crippen molar-refractivity contribution in [3.63, 3.8) is 0 Å². The smallest absolute Gasteiger partial charge is 0.318 e. The van der Waals surface area contributed by atoms with Gasteiger partial charge in [-0.15, -0.1) is 11.3 Å². The monoisotopic (exact) mass is 321 g/mol. The van der Waals surface area contributed by atoms with Crippen molar-refractivity contribution >= 4 is 29.0 Å². The van der Waals surface area contributed by atoms with Crippen LogP contribution in [-0.4, -0.2) is 22.5 Å². The number of hydrogen-bond acceptors (Lipinski definition) is 3. The van der Waals surface area contributed by atoms with Gasteiger partial charge in [0.15, 0.2) is 0 Å². The molecule has 3 rings (SSSR count). The zero-order valence-corrected chi connectivity index (χ0v) is 13.0. The van der Waals surface area contributed by atoms with E-state index in [0.29, 0.717) is 6.54 Å². The molecular weight excluding hydrogens is 306 g/mol. The maximum Gasteiger partial charge on any atom is 0.318 e. The molecule has 3 heterocycles. The highest BCUT2D eigenvalue weighted by Gasteiger charge is 2.29. The molecule has 0 radical (unpaired) electrons. The van der Waals surface area contributed by atoms with Crippen LogP contribution < -0.4 is 5.32 Å². The first-order valence-corrected chi connectivity index (χ1v) is 8.12. The first kappa shape index (κ1) is 14.4. The van der Waals surface area contributed by atoms with E-state index in [1.54, 1.807) is 12.4 Å². The zero-order chi connectivity index (χ0) is 14.7. The number of amides is 2. The van der Waals surface area contributed by atoms with Gasteiger partial charge in [-0.3, -0.25) is 4.98 Å². The minimum Gasteiger partial charge on any atom is -0.333 e. The van der Waals surface area contributed by atoms with Gasteiger partial charge in [0.2, 0.25) is 0 Å². The van der Waals surface area contributed by atoms with Crippen molar-refractivity contribution in [2.45, 2.75) is 25.4 Å². The van der Waals surface area contributed by atoms with Crippen LogP contribution >= 0.6 is 22.9 Å². The molecule has 2 aromatic rings. The Labute approximate surface area is 132 Å². The molecule has 0 aromatic carbocycles. The largest absolute Gasteiger partial charge is 0.333 e. The highest BCUT2D eigenvalue weighted by atomic mass is 35.5. The summed E-state index contributed by atoms with van der Waals surface area (Å²) in [6.45, 7) is 1.32. The first-order valence-electron chi connectivity index (χ1n) is 6.92. The molecule has 2 amide bonds. The van der Waals surface area contributed by atoms with Gasteiger partial charge in [-0.1, -0.05) is 11.6 Å². The first-order chi connectivity index (χ1) is 10.2. The van der Waals surface area contributed by atoms with E-state index in [2.05, 4.69) is 10.3 Å². The molecular formula is C15H16ClN3OS. The highest BCUT2D eigenvalue weighted by Crippen LogP contribution is 2.31. The second-order valence-corrected chi connectivity index (χ2v) is 6.80. The quantitative estimate of drug-likeness (QED) is 0.933. The summed E-state index contributed by atoms with van der Waals surface area (Å²) in [5.41, 5.74) is 1.15. The standard InChI is InChI=1S/C15H16ClN3OS/c16-14-4-3-12(21-14)10-18-15(20)19-9-1-2-13(19)11-5-7-17-8-6-11/h3-8,13H,1-2,9-10H2,(H,18,20)/t13-/m1/s1. The molecule has 2 aromatic heterocycles. The number of likely N-dealkylation sites (tertiary alicyclic amines) is 1. The second-order valence-electron chi connectivity index (χ2n) is 5.00. The number of carbonyl (C=O) groups is 1. The van der Waals surface area contributed by atoms with Crippen molar-refractivity contribution in [3.05, 3.63) is 51.4 Å². The van der Waals surface area contributed by atoms with E-state index in [-0.39, 0.29) is 12.1 Å². The van der Waals surface area contributed by atoms with Gasteiger partial charge in [0, 0.05) is 23.8 Å². The molecule has 0 unspecified atom stereocenters. The predicted octanol–water partition coefficient (Wildman–Crippen LogP) is 3.84. The van der Waals surface area contributed by atoms with Crippen LogP contribution in [0.4, 0.5) is 4.79 Å². The van der Waals surface area contributed by atoms with E-state index >= 15 is 0 Å². The molecule has 110 valence electrons. The fraction of sp³-hybridized carbons (Fsp3) is 0.333. The number of nitrogens with one attached hydrogen (secondary N) is 1. The lowest BCUT2D eigenvalue weighted by Crippen LogP contribution is -2.39. The molecule has 1 aliphatic rings. The topological polar surface area (TPSA) is 45.2 Å². The Morgan fingerprint density at radius 2 is 2.19 bits per heavy atom. The molecule has 4 nitrogen and oxygen atoms in total. The average molecular weight is 322 g/mol. The average Bonchev–Trinajstić information content (AvgIpc) is 3.14. The predicted molar refractivity (Wildman–Crippen MR) is 84.5 cm³/mol. The third-order valence-electron chi connectivity index (χ3n) is 3.65. The Morgan fingerprint density at radius 3 is 2.90 bits per heavy atom. The molecule has 0 bridgehead atoms. The van der Waals surface area contributed by atoms with Crippen LogP contribution in [0.3, 0.4) is 0 Å². The molecule has 21 heavy (non-hydrogen) atoms. The van der Waals surface area contributed by atoms with Gasteiger partial charge in [-0.25, -0.2) is 4.79 Å². The van der Waals surface area contributed by atoms with E-state index in [4.69, 9.17) is 11.6 Å². The SMILES string of the molecule is O=C(NCc1ccc(Cl)s1)N1CCC[C@@H]1c1ccncc1. The number of aromatic nitrogens is 1. The number of halogens is 1. The van der Waals surface area contributed by atoms with E-state index in [1.165, 1.54) is 11.3 Å². The van der Waals surface area contributed by atoms with Crippen LogP contribution in [-0.2, 0) is 6.54 Å². The lowest BCUT2D eigenvalue weighted by atomic mass is 10.1. The van der Waals surface area contributed by atoms with Crippen LogP contribution in [0.5, 0.6) is 0 Å². The van der Waals surface area contributed by atoms with Crippen molar-refractivity contribution in [1.82, 2.24) is 15.2 Å². The number of thiophene rings is 1. The van der Waals surface area contributed by atoms with Gasteiger partial charge in [0.05, 0.1) is 16.9 Å². The second kappa shape index (κ2) is 6.45. The van der Waals surface area contributed by atoms with E-state index in [1.807, 2.05) is 29.2 Å². The fourth-order valence-corrected chi connectivity index (χ4v) is 3.68. The maximum atomic E-state index is 12.4. The van der Waals surface area contributed by atoms with Crippen molar-refractivity contribution < 1.29 is 4.79 Å². The third kappa shape index (κ3) is 3.36. The Morgan fingerprint density at radius 1 is 1.38 bits per heavy atom. The summed E-state index contributed by atoms with van der Waals surface area (Å²) >= 11 is 7.39. The maximum absolute atomic E-state index is 12.4. The Hall–Kier alpha value is -1.59. The zero-order valence-electron chi connectivity index (χ0n) is 11.5. The molecule has 0 saturated carbocycles. The van der Waals surface area contributed by atoms with Crippen molar-refractivity contribution in [2.24, 2.45) is 0 Å². The fourth-order valence-electron chi connectivity index (χ4n) is 2.65. The molecule has 0 spiro atoms. The van der Waals surface area contributed by atoms with Crippen LogP contribution in [0.15, 0.2) is 36.7 Å². The summed E-state index contributed by atoms with van der Waals surface area (Å²) in [7, 11) is 0. The number of carbonyl (C=O) groups excluding carboxylic acids is 1. The highest BCUT2D eigenvalue weighted by molar-refractivity contribution is 7.16. The van der Waals surface area contributed by atoms with Crippen molar-refractivity contribution in [1.29, 1.82) is 0 Å². The van der Waals surface area contributed by atoms with Crippen LogP contribution in [0, 0.1) is 0 Å². The molecule has 0 aliphatic carbocycles. The van der Waals surface area contributed by atoms with Crippen LogP contribution in [0.1, 0.15) is 29.3 Å². The summed E-state index contributed by atoms with van der Waals surface area (Å²) in [5, 5.41) is 2.98. The van der Waals surface area contributed by atoms with E-state index < -0.39 is 0 Å². The summed E-state index contributed by atoms with van der Waals surface area (Å²) in [6.07, 6.45) is 5.59. The number of nitrogens with zero attached hydrogens (tertiary/aromatic N) is 2. The number of rotatable bonds is 3. The van der Waals surface area contributed by atoms with Crippen molar-refractivity contribution in [3.8, 4) is 0 Å². The number of urea groups is 1. The summed E-state index contributed by atoms with van der Waals surface area (Å²) in [4.78, 5) is 19.4. The Kier molecular flexibility index (Phi) is 4.41. The van der Waals surface area contributed by atoms with Gasteiger partial charge in [-0.05, 0) is 42.7 Å². The molecule has 1 saturated heterocycles. The van der Waals surface area contributed by atoms with Gasteiger partial charge >= 0.3 is 6.03 Å². The van der Waals surface area contributed by atoms with E-state index in [0.717, 1.165) is 34.2 Å². The van der Waals surface area contributed by atoms with Gasteiger partial charge in [0.25, 0.3) is 0 Å². The summed E-state index contributed by atoms with van der Waals surface area (Å²) in [5.74, 6) is 0. The minimum atomic E-state index is -0.0150. The van der Waals surface area contributed by atoms with Gasteiger partial charge in [-0.2, -0.15) is 0 Å². The minimum absolute atomic E-state index is 0.0150. The molecule has 1 N–H and O–H groups in total. The van der Waals surface area contributed by atoms with Gasteiger partial charge in [0.1, 0.15) is 0 Å². The van der Waals surface area contributed by atoms with Gasteiger partial charge < -0.3 is 10.2 Å². The Balaban J connectivity index is 1.63. The lowest BCUT2D eigenvalue weighted by Gasteiger charge is -2.25. The van der Waals surface area contributed by atoms with Crippen molar-refractivity contribution in [2.75, 3.05) is 6.54 Å². The molecule has 1 fully saturated rings. The number of hydrogen-bond donors (Lipinski definition) is 1. The molecule has 1 aliphatic heterocycles. The third-order valence-corrected chi connectivity index (χ3v) is 4.88. The van der Waals surface area contributed by atoms with E-state index in [9.17, 15) is 4.79 Å². The number of pyridine rings is 1. The lowest BCUT2D eigenvalue weighted by molar-refractivity contribution is 0.192. The normalized spacial score (nSPS) is 18.0. The molecule has 6 heteroatoms. The van der Waals surface area contributed by atoms with Crippen LogP contribution in [0.2, 0.25) is 4.34 Å². The molecule has 1 atom stereocenters.